The Bertz CT molecular complexity index is 914. The van der Waals surface area contributed by atoms with E-state index >= 15 is 0 Å². The summed E-state index contributed by atoms with van der Waals surface area (Å²) in [6.07, 6.45) is 1.98. The highest BCUT2D eigenvalue weighted by Gasteiger charge is 2.20. The van der Waals surface area contributed by atoms with E-state index in [-0.39, 0.29) is 5.91 Å². The van der Waals surface area contributed by atoms with Gasteiger partial charge in [0.1, 0.15) is 6.04 Å². The van der Waals surface area contributed by atoms with Crippen LogP contribution in [-0.4, -0.2) is 22.8 Å². The molecule has 5 nitrogen and oxygen atoms in total. The number of nitrogens with one attached hydrogen (secondary N) is 1. The predicted octanol–water partition coefficient (Wildman–Crippen LogP) is 2.37. The second-order valence-corrected chi connectivity index (χ2v) is 6.00. The molecular weight excluding hydrogens is 314 g/mol. The van der Waals surface area contributed by atoms with Crippen LogP contribution in [0.3, 0.4) is 0 Å². The normalized spacial score (nSPS) is 11.9. The van der Waals surface area contributed by atoms with Gasteiger partial charge in [0.25, 0.3) is 5.91 Å². The Hall–Kier alpha value is -3.21. The summed E-state index contributed by atoms with van der Waals surface area (Å²) >= 11 is 0. The zero-order valence-electron chi connectivity index (χ0n) is 13.9. The molecule has 1 heterocycles. The monoisotopic (exact) mass is 333 g/mol. The Kier molecular flexibility index (Phi) is 4.75. The van der Waals surface area contributed by atoms with Crippen LogP contribution in [0.4, 0.5) is 0 Å². The third-order valence-corrected chi connectivity index (χ3v) is 4.09. The van der Waals surface area contributed by atoms with E-state index in [1.807, 2.05) is 49.4 Å². The first-order chi connectivity index (χ1) is 12.0. The highest BCUT2D eigenvalue weighted by Crippen LogP contribution is 2.16. The number of rotatable bonds is 5. The van der Waals surface area contributed by atoms with Gasteiger partial charge in [0.15, 0.2) is 0 Å². The lowest BCUT2D eigenvalue weighted by atomic mass is 10.0. The summed E-state index contributed by atoms with van der Waals surface area (Å²) in [5.74, 6) is -0.928. The van der Waals surface area contributed by atoms with Crippen LogP contribution in [0.2, 0.25) is 0 Å². The van der Waals surface area contributed by atoms with Crippen molar-refractivity contribution >= 4 is 22.7 Å². The standard InChI is InChI=1S/C20H19N3O2/c1-13-7-9-14(10-8-13)12-17(19(21)24)23-20(25)16-6-2-4-15-5-3-11-22-18(15)16/h2-11,17H,12H2,1H3,(H2,21,24)(H,23,25)/t17-/m1/s1. The van der Waals surface area contributed by atoms with Crippen molar-refractivity contribution in [3.05, 3.63) is 77.5 Å². The van der Waals surface area contributed by atoms with Crippen LogP contribution in [0.1, 0.15) is 21.5 Å². The fraction of sp³-hybridized carbons (Fsp3) is 0.150. The van der Waals surface area contributed by atoms with E-state index in [0.717, 1.165) is 16.5 Å². The van der Waals surface area contributed by atoms with E-state index in [1.54, 1.807) is 18.3 Å². The molecule has 3 rings (SSSR count). The Morgan fingerprint density at radius 3 is 2.52 bits per heavy atom. The number of pyridine rings is 1. The molecule has 1 aromatic heterocycles. The summed E-state index contributed by atoms with van der Waals surface area (Å²) in [5.41, 5.74) is 8.57. The van der Waals surface area contributed by atoms with Gasteiger partial charge in [-0.25, -0.2) is 0 Å². The van der Waals surface area contributed by atoms with Gasteiger partial charge < -0.3 is 11.1 Å². The lowest BCUT2D eigenvalue weighted by Gasteiger charge is -2.16. The maximum absolute atomic E-state index is 12.7. The van der Waals surface area contributed by atoms with Gasteiger partial charge in [-0.2, -0.15) is 0 Å². The number of carbonyl (C=O) groups excluding carboxylic acids is 2. The number of nitrogens with two attached hydrogens (primary N) is 1. The predicted molar refractivity (Wildman–Crippen MR) is 97.1 cm³/mol. The van der Waals surface area contributed by atoms with Crippen molar-refractivity contribution in [3.63, 3.8) is 0 Å². The first-order valence-corrected chi connectivity index (χ1v) is 8.04. The number of hydrogen-bond acceptors (Lipinski definition) is 3. The molecule has 0 saturated carbocycles. The number of aryl methyl sites for hydroxylation is 1. The third-order valence-electron chi connectivity index (χ3n) is 4.09. The van der Waals surface area contributed by atoms with Crippen molar-refractivity contribution in [2.24, 2.45) is 5.73 Å². The van der Waals surface area contributed by atoms with Crippen molar-refractivity contribution in [2.75, 3.05) is 0 Å². The van der Waals surface area contributed by atoms with Gasteiger partial charge in [0.2, 0.25) is 5.91 Å². The van der Waals surface area contributed by atoms with Crippen LogP contribution in [-0.2, 0) is 11.2 Å². The topological polar surface area (TPSA) is 85.1 Å². The largest absolute Gasteiger partial charge is 0.368 e. The number of amides is 2. The molecule has 0 aliphatic rings. The van der Waals surface area contributed by atoms with Crippen LogP contribution in [0.5, 0.6) is 0 Å². The fourth-order valence-electron chi connectivity index (χ4n) is 2.71. The quantitative estimate of drug-likeness (QED) is 0.752. The molecule has 0 radical (unpaired) electrons. The molecule has 25 heavy (non-hydrogen) atoms. The van der Waals surface area contributed by atoms with Gasteiger partial charge in [-0.15, -0.1) is 0 Å². The Balaban J connectivity index is 1.83. The number of carbonyl (C=O) groups is 2. The molecule has 0 saturated heterocycles. The number of primary amides is 1. The van der Waals surface area contributed by atoms with Crippen molar-refractivity contribution in [2.45, 2.75) is 19.4 Å². The van der Waals surface area contributed by atoms with Gasteiger partial charge in [0.05, 0.1) is 11.1 Å². The lowest BCUT2D eigenvalue weighted by Crippen LogP contribution is -2.45. The number of fused-ring (bicyclic) bond motifs is 1. The smallest absolute Gasteiger partial charge is 0.254 e. The number of benzene rings is 2. The van der Waals surface area contributed by atoms with Gasteiger partial charge in [-0.3, -0.25) is 14.6 Å². The molecular formula is C20H19N3O2. The first kappa shape index (κ1) is 16.6. The number of nitrogens with zero attached hydrogens (tertiary/aromatic N) is 1. The fourth-order valence-corrected chi connectivity index (χ4v) is 2.71. The molecule has 3 N–H and O–H groups in total. The van der Waals surface area contributed by atoms with Gasteiger partial charge in [-0.1, -0.05) is 48.0 Å². The zero-order valence-corrected chi connectivity index (χ0v) is 13.9. The Morgan fingerprint density at radius 2 is 1.80 bits per heavy atom. The molecule has 0 bridgehead atoms. The first-order valence-electron chi connectivity index (χ1n) is 8.04. The zero-order chi connectivity index (χ0) is 17.8. The maximum Gasteiger partial charge on any atom is 0.254 e. The van der Waals surface area contributed by atoms with Gasteiger partial charge >= 0.3 is 0 Å². The molecule has 0 aliphatic carbocycles. The highest BCUT2D eigenvalue weighted by atomic mass is 16.2. The average Bonchev–Trinajstić information content (AvgIpc) is 2.62. The van der Waals surface area contributed by atoms with Crippen molar-refractivity contribution in [1.29, 1.82) is 0 Å². The van der Waals surface area contributed by atoms with E-state index in [9.17, 15) is 9.59 Å². The number of para-hydroxylation sites is 1. The van der Waals surface area contributed by atoms with Crippen molar-refractivity contribution in [3.8, 4) is 0 Å². The van der Waals surface area contributed by atoms with Gasteiger partial charge in [-0.05, 0) is 24.6 Å². The van der Waals surface area contributed by atoms with Crippen LogP contribution in [0.15, 0.2) is 60.8 Å². The van der Waals surface area contributed by atoms with E-state index in [1.165, 1.54) is 0 Å². The Morgan fingerprint density at radius 1 is 1.08 bits per heavy atom. The molecule has 2 aromatic carbocycles. The van der Waals surface area contributed by atoms with Crippen LogP contribution in [0, 0.1) is 6.92 Å². The van der Waals surface area contributed by atoms with Crippen LogP contribution in [0.25, 0.3) is 10.9 Å². The summed E-state index contributed by atoms with van der Waals surface area (Å²) in [6.45, 7) is 1.99. The molecule has 2 amide bonds. The SMILES string of the molecule is Cc1ccc(C[C@@H](NC(=O)c2cccc3cccnc23)C(N)=O)cc1. The Labute approximate surface area is 145 Å². The molecule has 0 aliphatic heterocycles. The van der Waals surface area contributed by atoms with Crippen molar-refractivity contribution in [1.82, 2.24) is 10.3 Å². The molecule has 0 fully saturated rings. The summed E-state index contributed by atoms with van der Waals surface area (Å²) in [5, 5.41) is 3.60. The van der Waals surface area contributed by atoms with Crippen LogP contribution >= 0.6 is 0 Å². The molecule has 0 spiro atoms. The van der Waals surface area contributed by atoms with E-state index < -0.39 is 11.9 Å². The molecule has 0 unspecified atom stereocenters. The molecule has 1 atom stereocenters. The van der Waals surface area contributed by atoms with Crippen LogP contribution < -0.4 is 11.1 Å². The minimum atomic E-state index is -0.783. The van der Waals surface area contributed by atoms with Gasteiger partial charge in [0, 0.05) is 18.0 Å². The molecule has 5 heteroatoms. The summed E-state index contributed by atoms with van der Waals surface area (Å²) in [7, 11) is 0. The summed E-state index contributed by atoms with van der Waals surface area (Å²) in [4.78, 5) is 28.7. The average molecular weight is 333 g/mol. The molecule has 3 aromatic rings. The molecule has 126 valence electrons. The second-order valence-electron chi connectivity index (χ2n) is 6.00. The summed E-state index contributed by atoms with van der Waals surface area (Å²) < 4.78 is 0. The van der Waals surface area contributed by atoms with Crippen molar-refractivity contribution < 1.29 is 9.59 Å². The summed E-state index contributed by atoms with van der Waals surface area (Å²) in [6, 6.07) is 16.1. The van der Waals surface area contributed by atoms with E-state index in [0.29, 0.717) is 17.5 Å². The highest BCUT2D eigenvalue weighted by molar-refractivity contribution is 6.06. The minimum Gasteiger partial charge on any atom is -0.368 e. The van der Waals surface area contributed by atoms with E-state index in [2.05, 4.69) is 10.3 Å². The number of hydrogen-bond donors (Lipinski definition) is 2. The lowest BCUT2D eigenvalue weighted by molar-refractivity contribution is -0.119. The second kappa shape index (κ2) is 7.13. The number of aromatic nitrogens is 1. The third kappa shape index (κ3) is 3.83. The maximum atomic E-state index is 12.7. The minimum absolute atomic E-state index is 0.347. The van der Waals surface area contributed by atoms with E-state index in [4.69, 9.17) is 5.73 Å².